The van der Waals surface area contributed by atoms with Crippen LogP contribution in [0.2, 0.25) is 0 Å². The Morgan fingerprint density at radius 2 is 1.86 bits per heavy atom. The average molecular weight is 183 g/mol. The van der Waals surface area contributed by atoms with E-state index in [0.717, 1.165) is 5.57 Å². The molecule has 1 aliphatic carbocycles. The van der Waals surface area contributed by atoms with Crippen molar-refractivity contribution in [3.8, 4) is 6.07 Å². The van der Waals surface area contributed by atoms with E-state index in [-0.39, 0.29) is 0 Å². The van der Waals surface area contributed by atoms with Crippen LogP contribution in [0.25, 0.3) is 5.57 Å². The molecular weight excluding hydrogens is 170 g/mol. The minimum absolute atomic E-state index is 0.388. The summed E-state index contributed by atoms with van der Waals surface area (Å²) in [7, 11) is 0. The molecule has 0 fully saturated rings. The van der Waals surface area contributed by atoms with Crippen LogP contribution in [0.15, 0.2) is 18.2 Å². The minimum atomic E-state index is 0.388. The average Bonchev–Trinajstić information content (AvgIpc) is 2.50. The summed E-state index contributed by atoms with van der Waals surface area (Å²) in [5, 5.41) is 9.03. The van der Waals surface area contributed by atoms with E-state index < -0.39 is 0 Å². The third kappa shape index (κ3) is 1.08. The SMILES string of the molecule is Cc1ccc(C)c2c1C(C#N)=CC2C. The molecule has 0 bridgehead atoms. The Hall–Kier alpha value is -1.55. The first-order chi connectivity index (χ1) is 6.65. The molecule has 0 aliphatic heterocycles. The second kappa shape index (κ2) is 2.99. The van der Waals surface area contributed by atoms with Gasteiger partial charge in [0.2, 0.25) is 0 Å². The van der Waals surface area contributed by atoms with Gasteiger partial charge in [0.05, 0.1) is 11.6 Å². The molecule has 0 saturated heterocycles. The molecule has 2 rings (SSSR count). The lowest BCUT2D eigenvalue weighted by Gasteiger charge is -2.11. The Morgan fingerprint density at radius 1 is 1.21 bits per heavy atom. The van der Waals surface area contributed by atoms with Crippen molar-refractivity contribution in [2.75, 3.05) is 0 Å². The Balaban J connectivity index is 2.76. The standard InChI is InChI=1S/C13H13N/c1-8-4-5-9(2)13-11(7-14)6-10(3)12(8)13/h4-6,10H,1-3H3. The zero-order valence-corrected chi connectivity index (χ0v) is 8.76. The molecule has 0 saturated carbocycles. The summed E-state index contributed by atoms with van der Waals surface area (Å²) in [5.41, 5.74) is 5.85. The molecule has 1 atom stereocenters. The highest BCUT2D eigenvalue weighted by Crippen LogP contribution is 2.39. The number of fused-ring (bicyclic) bond motifs is 1. The quantitative estimate of drug-likeness (QED) is 0.605. The van der Waals surface area contributed by atoms with Crippen molar-refractivity contribution in [1.82, 2.24) is 0 Å². The van der Waals surface area contributed by atoms with Crippen molar-refractivity contribution < 1.29 is 0 Å². The Labute approximate surface area is 84.7 Å². The molecule has 0 aromatic heterocycles. The van der Waals surface area contributed by atoms with Gasteiger partial charge in [0.15, 0.2) is 0 Å². The lowest BCUT2D eigenvalue weighted by atomic mass is 9.93. The van der Waals surface area contributed by atoms with Gasteiger partial charge in [-0.2, -0.15) is 5.26 Å². The van der Waals surface area contributed by atoms with Crippen molar-refractivity contribution in [3.63, 3.8) is 0 Å². The fourth-order valence-corrected chi connectivity index (χ4v) is 2.29. The van der Waals surface area contributed by atoms with Crippen LogP contribution in [-0.2, 0) is 0 Å². The van der Waals surface area contributed by atoms with Crippen molar-refractivity contribution in [1.29, 1.82) is 5.26 Å². The highest BCUT2D eigenvalue weighted by Gasteiger charge is 2.23. The van der Waals surface area contributed by atoms with E-state index in [1.54, 1.807) is 0 Å². The molecule has 1 nitrogen and oxygen atoms in total. The topological polar surface area (TPSA) is 23.8 Å². The van der Waals surface area contributed by atoms with Crippen LogP contribution in [0.3, 0.4) is 0 Å². The lowest BCUT2D eigenvalue weighted by molar-refractivity contribution is 0.971. The van der Waals surface area contributed by atoms with E-state index in [4.69, 9.17) is 5.26 Å². The van der Waals surface area contributed by atoms with Gasteiger partial charge in [0, 0.05) is 5.92 Å². The van der Waals surface area contributed by atoms with Gasteiger partial charge < -0.3 is 0 Å². The molecule has 1 heteroatoms. The van der Waals surface area contributed by atoms with Crippen LogP contribution >= 0.6 is 0 Å². The summed E-state index contributed by atoms with van der Waals surface area (Å²) in [5.74, 6) is 0.388. The lowest BCUT2D eigenvalue weighted by Crippen LogP contribution is -1.94. The van der Waals surface area contributed by atoms with Gasteiger partial charge in [0.1, 0.15) is 0 Å². The van der Waals surface area contributed by atoms with Crippen molar-refractivity contribution in [3.05, 3.63) is 40.5 Å². The van der Waals surface area contributed by atoms with Crippen molar-refractivity contribution >= 4 is 5.57 Å². The number of nitrogens with zero attached hydrogens (tertiary/aromatic N) is 1. The van der Waals surface area contributed by atoms with Gasteiger partial charge in [-0.15, -0.1) is 0 Å². The summed E-state index contributed by atoms with van der Waals surface area (Å²) in [6, 6.07) is 6.51. The van der Waals surface area contributed by atoms with E-state index in [1.165, 1.54) is 22.3 Å². The number of nitriles is 1. The molecule has 1 aliphatic rings. The first-order valence-electron chi connectivity index (χ1n) is 4.87. The zero-order valence-electron chi connectivity index (χ0n) is 8.76. The number of rotatable bonds is 0. The molecule has 1 aromatic rings. The van der Waals surface area contributed by atoms with E-state index in [1.807, 2.05) is 0 Å². The summed E-state index contributed by atoms with van der Waals surface area (Å²) in [6.45, 7) is 6.33. The summed E-state index contributed by atoms with van der Waals surface area (Å²) >= 11 is 0. The number of allylic oxidation sites excluding steroid dienone is 2. The Kier molecular flexibility index (Phi) is 1.93. The molecule has 14 heavy (non-hydrogen) atoms. The van der Waals surface area contributed by atoms with Crippen LogP contribution in [0.1, 0.15) is 35.1 Å². The third-order valence-electron chi connectivity index (χ3n) is 2.93. The highest BCUT2D eigenvalue weighted by molar-refractivity contribution is 5.85. The number of benzene rings is 1. The maximum atomic E-state index is 9.03. The first kappa shape index (κ1) is 9.02. The summed E-state index contributed by atoms with van der Waals surface area (Å²) in [4.78, 5) is 0. The van der Waals surface area contributed by atoms with E-state index in [9.17, 15) is 0 Å². The molecule has 0 heterocycles. The minimum Gasteiger partial charge on any atom is -0.192 e. The normalized spacial score (nSPS) is 18.7. The van der Waals surface area contributed by atoms with Crippen LogP contribution in [0.5, 0.6) is 0 Å². The maximum absolute atomic E-state index is 9.03. The molecule has 0 radical (unpaired) electrons. The second-order valence-corrected chi connectivity index (χ2v) is 3.97. The predicted molar refractivity (Wildman–Crippen MR) is 57.9 cm³/mol. The summed E-state index contributed by atoms with van der Waals surface area (Å²) < 4.78 is 0. The number of hydrogen-bond donors (Lipinski definition) is 0. The predicted octanol–water partition coefficient (Wildman–Crippen LogP) is 3.33. The largest absolute Gasteiger partial charge is 0.192 e. The number of aryl methyl sites for hydroxylation is 2. The maximum Gasteiger partial charge on any atom is 0.0995 e. The molecule has 0 amide bonds. The fourth-order valence-electron chi connectivity index (χ4n) is 2.29. The van der Waals surface area contributed by atoms with Crippen LogP contribution < -0.4 is 0 Å². The fraction of sp³-hybridized carbons (Fsp3) is 0.308. The molecule has 0 spiro atoms. The first-order valence-corrected chi connectivity index (χ1v) is 4.87. The third-order valence-corrected chi connectivity index (χ3v) is 2.93. The smallest absolute Gasteiger partial charge is 0.0995 e. The molecular formula is C13H13N. The molecule has 1 aromatic carbocycles. The Morgan fingerprint density at radius 3 is 2.50 bits per heavy atom. The second-order valence-electron chi connectivity index (χ2n) is 3.97. The Bertz CT molecular complexity index is 461. The van der Waals surface area contributed by atoms with Gasteiger partial charge in [-0.25, -0.2) is 0 Å². The number of hydrogen-bond acceptors (Lipinski definition) is 1. The zero-order chi connectivity index (χ0) is 10.3. The van der Waals surface area contributed by atoms with Gasteiger partial charge in [0.25, 0.3) is 0 Å². The van der Waals surface area contributed by atoms with Crippen molar-refractivity contribution in [2.24, 2.45) is 0 Å². The van der Waals surface area contributed by atoms with Crippen LogP contribution in [0, 0.1) is 25.2 Å². The van der Waals surface area contributed by atoms with Crippen molar-refractivity contribution in [2.45, 2.75) is 26.7 Å². The molecule has 0 N–H and O–H groups in total. The molecule has 1 unspecified atom stereocenters. The highest BCUT2D eigenvalue weighted by atomic mass is 14.3. The van der Waals surface area contributed by atoms with Crippen LogP contribution in [0.4, 0.5) is 0 Å². The van der Waals surface area contributed by atoms with Gasteiger partial charge >= 0.3 is 0 Å². The monoisotopic (exact) mass is 183 g/mol. The van der Waals surface area contributed by atoms with E-state index >= 15 is 0 Å². The summed E-state index contributed by atoms with van der Waals surface area (Å²) in [6.07, 6.45) is 2.06. The van der Waals surface area contributed by atoms with E-state index in [2.05, 4.69) is 45.0 Å². The van der Waals surface area contributed by atoms with Gasteiger partial charge in [-0.3, -0.25) is 0 Å². The van der Waals surface area contributed by atoms with E-state index in [0.29, 0.717) is 5.92 Å². The van der Waals surface area contributed by atoms with Gasteiger partial charge in [-0.1, -0.05) is 25.1 Å². The van der Waals surface area contributed by atoms with Crippen LogP contribution in [-0.4, -0.2) is 0 Å². The molecule has 70 valence electrons. The van der Waals surface area contributed by atoms with Gasteiger partial charge in [-0.05, 0) is 36.1 Å².